The van der Waals surface area contributed by atoms with Gasteiger partial charge in [0, 0.05) is 12.7 Å². The summed E-state index contributed by atoms with van der Waals surface area (Å²) >= 11 is 1.62. The second-order valence-electron chi connectivity index (χ2n) is 5.81. The molecule has 0 aliphatic carbocycles. The highest BCUT2D eigenvalue weighted by Crippen LogP contribution is 2.22. The van der Waals surface area contributed by atoms with E-state index in [9.17, 15) is 4.79 Å². The number of nitrogens with one attached hydrogen (secondary N) is 1. The maximum atomic E-state index is 12.3. The molecule has 1 aromatic heterocycles. The first-order valence-corrected chi connectivity index (χ1v) is 8.93. The molecule has 0 unspecified atom stereocenters. The molecule has 3 rings (SSSR count). The number of aryl methyl sites for hydroxylation is 1. The number of urea groups is 1. The van der Waals surface area contributed by atoms with Crippen molar-refractivity contribution in [3.05, 3.63) is 59.1 Å². The molecule has 0 saturated carbocycles. The van der Waals surface area contributed by atoms with Crippen LogP contribution in [0.3, 0.4) is 0 Å². The lowest BCUT2D eigenvalue weighted by Crippen LogP contribution is -2.30. The third-order valence-corrected chi connectivity index (χ3v) is 4.82. The van der Waals surface area contributed by atoms with Crippen molar-refractivity contribution < 1.29 is 4.79 Å². The normalized spacial score (nSPS) is 10.8. The number of hydrogen-bond donors (Lipinski definition) is 1. The molecule has 0 aliphatic rings. The molecule has 0 radical (unpaired) electrons. The number of amides is 2. The Kier molecular flexibility index (Phi) is 5.11. The monoisotopic (exact) mass is 339 g/mol. The summed E-state index contributed by atoms with van der Waals surface area (Å²) in [4.78, 5) is 18.6. The highest BCUT2D eigenvalue weighted by atomic mass is 32.1. The second kappa shape index (κ2) is 7.45. The summed E-state index contributed by atoms with van der Waals surface area (Å²) in [6.45, 7) is 2.66. The maximum absolute atomic E-state index is 12.3. The summed E-state index contributed by atoms with van der Waals surface area (Å²) < 4.78 is 1.15. The molecule has 0 fully saturated rings. The predicted molar refractivity (Wildman–Crippen MR) is 101 cm³/mol. The topological polar surface area (TPSA) is 45.2 Å². The average Bonchev–Trinajstić information content (AvgIpc) is 2.99. The number of anilines is 1. The lowest BCUT2D eigenvalue weighted by Gasteiger charge is -2.16. The van der Waals surface area contributed by atoms with Crippen molar-refractivity contribution in [3.63, 3.8) is 0 Å². The summed E-state index contributed by atoms with van der Waals surface area (Å²) in [7, 11) is 1.78. The van der Waals surface area contributed by atoms with Gasteiger partial charge in [0.1, 0.15) is 5.01 Å². The van der Waals surface area contributed by atoms with Crippen LogP contribution in [0.25, 0.3) is 10.2 Å². The minimum absolute atomic E-state index is 0.127. The van der Waals surface area contributed by atoms with Gasteiger partial charge >= 0.3 is 6.03 Å². The number of carbonyl (C=O) groups excluding carboxylic acids is 1. The molecule has 5 heteroatoms. The third-order valence-electron chi connectivity index (χ3n) is 3.80. The summed E-state index contributed by atoms with van der Waals surface area (Å²) in [5, 5.41) is 3.87. The number of thiazole rings is 1. The van der Waals surface area contributed by atoms with Crippen LogP contribution in [-0.2, 0) is 13.0 Å². The van der Waals surface area contributed by atoms with Crippen LogP contribution in [0.5, 0.6) is 0 Å². The fraction of sp³-hybridized carbons (Fsp3) is 0.263. The molecule has 0 bridgehead atoms. The van der Waals surface area contributed by atoms with Crippen LogP contribution in [0.2, 0.25) is 0 Å². The van der Waals surface area contributed by atoms with Gasteiger partial charge in [-0.1, -0.05) is 37.6 Å². The molecule has 0 aliphatic heterocycles. The van der Waals surface area contributed by atoms with Crippen molar-refractivity contribution in [1.29, 1.82) is 0 Å². The van der Waals surface area contributed by atoms with Gasteiger partial charge in [0.15, 0.2) is 0 Å². The minimum atomic E-state index is -0.127. The van der Waals surface area contributed by atoms with Crippen LogP contribution >= 0.6 is 11.3 Å². The first-order chi connectivity index (χ1) is 11.7. The Bertz CT molecular complexity index is 793. The van der Waals surface area contributed by atoms with E-state index in [-0.39, 0.29) is 6.03 Å². The number of para-hydroxylation sites is 1. The molecule has 0 spiro atoms. The average molecular weight is 339 g/mol. The van der Waals surface area contributed by atoms with Gasteiger partial charge in [-0.15, -0.1) is 11.3 Å². The Balaban J connectivity index is 1.61. The third kappa shape index (κ3) is 3.92. The number of nitrogens with zero attached hydrogens (tertiary/aromatic N) is 2. The molecule has 1 N–H and O–H groups in total. The van der Waals surface area contributed by atoms with Gasteiger partial charge in [-0.2, -0.15) is 0 Å². The van der Waals surface area contributed by atoms with Crippen molar-refractivity contribution in [1.82, 2.24) is 9.88 Å². The Morgan fingerprint density at radius 1 is 1.17 bits per heavy atom. The van der Waals surface area contributed by atoms with Gasteiger partial charge in [0.05, 0.1) is 16.8 Å². The number of hydrogen-bond acceptors (Lipinski definition) is 3. The number of aromatic nitrogens is 1. The largest absolute Gasteiger partial charge is 0.321 e. The molecule has 0 atom stereocenters. The van der Waals surface area contributed by atoms with E-state index in [1.54, 1.807) is 23.3 Å². The summed E-state index contributed by atoms with van der Waals surface area (Å²) in [5.41, 5.74) is 3.09. The highest BCUT2D eigenvalue weighted by molar-refractivity contribution is 7.18. The Morgan fingerprint density at radius 2 is 1.92 bits per heavy atom. The molecule has 1 heterocycles. The lowest BCUT2D eigenvalue weighted by molar-refractivity contribution is 0.220. The molecule has 4 nitrogen and oxygen atoms in total. The van der Waals surface area contributed by atoms with Gasteiger partial charge in [-0.05, 0) is 36.2 Å². The van der Waals surface area contributed by atoms with Gasteiger partial charge < -0.3 is 10.2 Å². The van der Waals surface area contributed by atoms with Gasteiger partial charge in [-0.25, -0.2) is 9.78 Å². The van der Waals surface area contributed by atoms with E-state index in [2.05, 4.69) is 35.4 Å². The van der Waals surface area contributed by atoms with Crippen molar-refractivity contribution in [3.8, 4) is 0 Å². The van der Waals surface area contributed by atoms with Crippen LogP contribution in [0.15, 0.2) is 48.5 Å². The van der Waals surface area contributed by atoms with Crippen LogP contribution in [0, 0.1) is 0 Å². The summed E-state index contributed by atoms with van der Waals surface area (Å²) in [5.74, 6) is 0. The molecule has 2 aromatic carbocycles. The SMILES string of the molecule is CCCc1ccc(NC(=O)N(C)Cc2nc3ccccc3s2)cc1. The molecular weight excluding hydrogens is 318 g/mol. The van der Waals surface area contributed by atoms with Crippen LogP contribution in [-0.4, -0.2) is 23.0 Å². The van der Waals surface area contributed by atoms with Gasteiger partial charge in [0.2, 0.25) is 0 Å². The highest BCUT2D eigenvalue weighted by Gasteiger charge is 2.12. The number of carbonyl (C=O) groups is 1. The van der Waals surface area contributed by atoms with Crippen LogP contribution in [0.4, 0.5) is 10.5 Å². The van der Waals surface area contributed by atoms with E-state index in [4.69, 9.17) is 0 Å². The Labute approximate surface area is 146 Å². The second-order valence-corrected chi connectivity index (χ2v) is 6.92. The fourth-order valence-corrected chi connectivity index (χ4v) is 3.55. The first-order valence-electron chi connectivity index (χ1n) is 8.11. The molecule has 0 saturated heterocycles. The molecule has 124 valence electrons. The van der Waals surface area contributed by atoms with E-state index in [1.807, 2.05) is 30.3 Å². The van der Waals surface area contributed by atoms with Gasteiger partial charge in [0.25, 0.3) is 0 Å². The van der Waals surface area contributed by atoms with Crippen molar-refractivity contribution >= 4 is 33.3 Å². The van der Waals surface area contributed by atoms with Crippen molar-refractivity contribution in [2.45, 2.75) is 26.3 Å². The zero-order valence-corrected chi connectivity index (χ0v) is 14.8. The molecule has 24 heavy (non-hydrogen) atoms. The van der Waals surface area contributed by atoms with E-state index >= 15 is 0 Å². The molecule has 3 aromatic rings. The Morgan fingerprint density at radius 3 is 2.62 bits per heavy atom. The first kappa shape index (κ1) is 16.5. The minimum Gasteiger partial charge on any atom is -0.321 e. The van der Waals surface area contributed by atoms with Crippen LogP contribution in [0.1, 0.15) is 23.9 Å². The van der Waals surface area contributed by atoms with Crippen molar-refractivity contribution in [2.75, 3.05) is 12.4 Å². The van der Waals surface area contributed by atoms with Crippen LogP contribution < -0.4 is 5.32 Å². The lowest BCUT2D eigenvalue weighted by atomic mass is 10.1. The zero-order valence-electron chi connectivity index (χ0n) is 14.0. The number of fused-ring (bicyclic) bond motifs is 1. The quantitative estimate of drug-likeness (QED) is 0.717. The zero-order chi connectivity index (χ0) is 16.9. The smallest absolute Gasteiger partial charge is 0.321 e. The molecular formula is C19H21N3OS. The van der Waals surface area contributed by atoms with E-state index in [0.717, 1.165) is 33.8 Å². The van der Waals surface area contributed by atoms with Gasteiger partial charge in [-0.3, -0.25) is 0 Å². The number of rotatable bonds is 5. The van der Waals surface area contributed by atoms with E-state index in [1.165, 1.54) is 5.56 Å². The van der Waals surface area contributed by atoms with E-state index in [0.29, 0.717) is 6.54 Å². The predicted octanol–water partition coefficient (Wildman–Crippen LogP) is 4.91. The van der Waals surface area contributed by atoms with Crippen molar-refractivity contribution in [2.24, 2.45) is 0 Å². The summed E-state index contributed by atoms with van der Waals surface area (Å²) in [6, 6.07) is 15.9. The molecule has 2 amide bonds. The Hall–Kier alpha value is -2.40. The standard InChI is InChI=1S/C19H21N3OS/c1-3-6-14-9-11-15(12-10-14)20-19(23)22(2)13-18-21-16-7-4-5-8-17(16)24-18/h4-5,7-12H,3,6,13H2,1-2H3,(H,20,23). The number of benzene rings is 2. The van der Waals surface area contributed by atoms with E-state index < -0.39 is 0 Å². The fourth-order valence-electron chi connectivity index (χ4n) is 2.52. The summed E-state index contributed by atoms with van der Waals surface area (Å²) in [6.07, 6.45) is 2.18. The maximum Gasteiger partial charge on any atom is 0.321 e.